The number of hydrogen-bond acceptors (Lipinski definition) is 6. The van der Waals surface area contributed by atoms with Gasteiger partial charge >= 0.3 is 0 Å². The van der Waals surface area contributed by atoms with Gasteiger partial charge in [0.1, 0.15) is 5.69 Å². The van der Waals surface area contributed by atoms with Crippen molar-refractivity contribution in [2.45, 2.75) is 44.8 Å². The first kappa shape index (κ1) is 21.8. The number of aromatic nitrogens is 5. The maximum absolute atomic E-state index is 12.6. The van der Waals surface area contributed by atoms with Crippen molar-refractivity contribution in [3.8, 4) is 22.6 Å². The topological polar surface area (TPSA) is 98.4 Å². The van der Waals surface area contributed by atoms with Gasteiger partial charge in [-0.3, -0.25) is 9.48 Å². The van der Waals surface area contributed by atoms with Gasteiger partial charge in [-0.2, -0.15) is 10.2 Å². The highest BCUT2D eigenvalue weighted by atomic mass is 16.5. The second-order valence-electron chi connectivity index (χ2n) is 9.46. The summed E-state index contributed by atoms with van der Waals surface area (Å²) in [6.45, 7) is 3.51. The van der Waals surface area contributed by atoms with Crippen LogP contribution in [0.2, 0.25) is 0 Å². The van der Waals surface area contributed by atoms with E-state index in [0.717, 1.165) is 78.4 Å². The molecule has 0 spiro atoms. The lowest BCUT2D eigenvalue weighted by Gasteiger charge is -2.14. The smallest absolute Gasteiger partial charge is 0.251 e. The predicted molar refractivity (Wildman–Crippen MR) is 133 cm³/mol. The first-order chi connectivity index (χ1) is 17.1. The molecule has 4 heterocycles. The Hall–Kier alpha value is -3.72. The van der Waals surface area contributed by atoms with Crippen molar-refractivity contribution in [2.75, 3.05) is 18.5 Å². The zero-order valence-corrected chi connectivity index (χ0v) is 20.0. The van der Waals surface area contributed by atoms with E-state index in [0.29, 0.717) is 11.6 Å². The Labute approximate surface area is 203 Å². The van der Waals surface area contributed by atoms with Crippen molar-refractivity contribution >= 4 is 17.2 Å². The molecule has 9 heteroatoms. The number of ether oxygens (including phenoxy) is 1. The van der Waals surface area contributed by atoms with Crippen LogP contribution in [0.5, 0.6) is 0 Å². The van der Waals surface area contributed by atoms with E-state index in [1.165, 1.54) is 0 Å². The van der Waals surface area contributed by atoms with Crippen LogP contribution in [0, 0.1) is 6.92 Å². The number of aryl methyl sites for hydroxylation is 2. The molecule has 4 aromatic rings. The van der Waals surface area contributed by atoms with Gasteiger partial charge in [0.2, 0.25) is 0 Å². The molecule has 2 N–H and O–H groups in total. The molecule has 0 unspecified atom stereocenters. The number of carbonyl (C=O) groups excluding carboxylic acids is 1. The average molecular weight is 472 g/mol. The van der Waals surface area contributed by atoms with Crippen LogP contribution in [0.3, 0.4) is 0 Å². The molecule has 180 valence electrons. The van der Waals surface area contributed by atoms with E-state index < -0.39 is 0 Å². The van der Waals surface area contributed by atoms with E-state index in [1.807, 2.05) is 59.7 Å². The molecule has 9 nitrogen and oxygen atoms in total. The van der Waals surface area contributed by atoms with Gasteiger partial charge in [0.05, 0.1) is 29.4 Å². The lowest BCUT2D eigenvalue weighted by atomic mass is 10.0. The minimum atomic E-state index is -0.00747. The molecular weight excluding hydrogens is 442 g/mol. The van der Waals surface area contributed by atoms with Gasteiger partial charge in [-0.05, 0) is 62.4 Å². The third-order valence-corrected chi connectivity index (χ3v) is 6.77. The Kier molecular flexibility index (Phi) is 5.49. The van der Waals surface area contributed by atoms with Crippen LogP contribution in [0.25, 0.3) is 28.3 Å². The van der Waals surface area contributed by atoms with Crippen molar-refractivity contribution in [1.82, 2.24) is 29.7 Å². The van der Waals surface area contributed by atoms with Gasteiger partial charge in [0.25, 0.3) is 5.91 Å². The zero-order chi connectivity index (χ0) is 23.9. The average Bonchev–Trinajstić information content (AvgIpc) is 3.22. The minimum absolute atomic E-state index is 0.00747. The number of amides is 1. The lowest BCUT2D eigenvalue weighted by Crippen LogP contribution is -2.26. The summed E-state index contributed by atoms with van der Waals surface area (Å²) in [5.74, 6) is -0.00747. The molecule has 1 atom stereocenters. The quantitative estimate of drug-likeness (QED) is 0.428. The van der Waals surface area contributed by atoms with E-state index in [4.69, 9.17) is 14.8 Å². The highest BCUT2D eigenvalue weighted by Crippen LogP contribution is 2.29. The summed E-state index contributed by atoms with van der Waals surface area (Å²) >= 11 is 0. The molecule has 0 bridgehead atoms. The molecule has 1 aromatic carbocycles. The SMILES string of the molecule is Cc1cc(-c2cnc3c(NC[C@H]4CCCO4)cc(-c4ccnn4C)nn23)ccc1C(=O)NC1CC1. The number of carbonyl (C=O) groups is 1. The standard InChI is InChI=1S/C26H29N7O2/c1-16-12-17(5-8-20(16)26(34)30-18-6-7-18)24-15-28-25-22(27-14-19-4-3-11-35-19)13-21(31-33(24)25)23-9-10-29-32(23)2/h5,8-10,12-13,15,18-19,27H,3-4,6-7,11,14H2,1-2H3,(H,30,34)/t19-/m1/s1. The van der Waals surface area contributed by atoms with Gasteiger partial charge < -0.3 is 15.4 Å². The van der Waals surface area contributed by atoms with E-state index >= 15 is 0 Å². The molecule has 3 aromatic heterocycles. The molecule has 1 amide bonds. The Balaban J connectivity index is 1.39. The monoisotopic (exact) mass is 471 g/mol. The fraction of sp³-hybridized carbons (Fsp3) is 0.385. The Bertz CT molecular complexity index is 1400. The maximum atomic E-state index is 12.6. The Morgan fingerprint density at radius 1 is 1.17 bits per heavy atom. The molecule has 1 saturated carbocycles. The van der Waals surface area contributed by atoms with Crippen molar-refractivity contribution in [1.29, 1.82) is 0 Å². The minimum Gasteiger partial charge on any atom is -0.379 e. The molecule has 2 aliphatic rings. The Morgan fingerprint density at radius 2 is 2.06 bits per heavy atom. The van der Waals surface area contributed by atoms with Crippen molar-refractivity contribution in [2.24, 2.45) is 7.05 Å². The molecule has 6 rings (SSSR count). The van der Waals surface area contributed by atoms with Gasteiger partial charge in [-0.15, -0.1) is 0 Å². The molecule has 1 aliphatic carbocycles. The highest BCUT2D eigenvalue weighted by Gasteiger charge is 2.25. The van der Waals surface area contributed by atoms with E-state index in [2.05, 4.69) is 15.7 Å². The largest absolute Gasteiger partial charge is 0.379 e. The van der Waals surface area contributed by atoms with Crippen LogP contribution >= 0.6 is 0 Å². The van der Waals surface area contributed by atoms with E-state index in [9.17, 15) is 4.79 Å². The van der Waals surface area contributed by atoms with Crippen LogP contribution in [0.1, 0.15) is 41.6 Å². The molecule has 35 heavy (non-hydrogen) atoms. The zero-order valence-electron chi connectivity index (χ0n) is 20.0. The summed E-state index contributed by atoms with van der Waals surface area (Å²) in [6, 6.07) is 10.2. The van der Waals surface area contributed by atoms with Gasteiger partial charge in [-0.1, -0.05) is 6.07 Å². The van der Waals surface area contributed by atoms with Gasteiger partial charge in [0, 0.05) is 43.6 Å². The number of hydrogen-bond donors (Lipinski definition) is 2. The van der Waals surface area contributed by atoms with Crippen LogP contribution in [-0.2, 0) is 11.8 Å². The number of benzene rings is 1. The molecule has 2 fully saturated rings. The maximum Gasteiger partial charge on any atom is 0.251 e. The molecule has 1 saturated heterocycles. The van der Waals surface area contributed by atoms with Crippen LogP contribution in [0.15, 0.2) is 42.7 Å². The third-order valence-electron chi connectivity index (χ3n) is 6.77. The molecular formula is C26H29N7O2. The van der Waals surface area contributed by atoms with Gasteiger partial charge in [-0.25, -0.2) is 9.50 Å². The first-order valence-corrected chi connectivity index (χ1v) is 12.2. The van der Waals surface area contributed by atoms with E-state index in [1.54, 1.807) is 6.20 Å². The summed E-state index contributed by atoms with van der Waals surface area (Å²) in [4.78, 5) is 17.3. The summed E-state index contributed by atoms with van der Waals surface area (Å²) in [6.07, 6.45) is 8.10. The number of nitrogens with zero attached hydrogens (tertiary/aromatic N) is 5. The first-order valence-electron chi connectivity index (χ1n) is 12.2. The van der Waals surface area contributed by atoms with Crippen LogP contribution in [0.4, 0.5) is 5.69 Å². The fourth-order valence-electron chi connectivity index (χ4n) is 4.64. The van der Waals surface area contributed by atoms with Crippen molar-refractivity contribution < 1.29 is 9.53 Å². The second-order valence-corrected chi connectivity index (χ2v) is 9.46. The lowest BCUT2D eigenvalue weighted by molar-refractivity contribution is 0.0950. The number of imidazole rings is 1. The Morgan fingerprint density at radius 3 is 2.77 bits per heavy atom. The molecule has 1 aliphatic heterocycles. The normalized spacial score (nSPS) is 17.7. The van der Waals surface area contributed by atoms with Crippen LogP contribution in [-0.4, -0.2) is 55.6 Å². The number of rotatable bonds is 7. The summed E-state index contributed by atoms with van der Waals surface area (Å²) in [5.41, 5.74) is 6.80. The van der Waals surface area contributed by atoms with E-state index in [-0.39, 0.29) is 12.0 Å². The highest BCUT2D eigenvalue weighted by molar-refractivity contribution is 5.96. The number of fused-ring (bicyclic) bond motifs is 1. The third kappa shape index (κ3) is 4.27. The summed E-state index contributed by atoms with van der Waals surface area (Å²) in [7, 11) is 1.91. The summed E-state index contributed by atoms with van der Waals surface area (Å²) in [5, 5.41) is 15.9. The van der Waals surface area contributed by atoms with Crippen molar-refractivity contribution in [3.05, 3.63) is 53.9 Å². The molecule has 0 radical (unpaired) electrons. The predicted octanol–water partition coefficient (Wildman–Crippen LogP) is 3.59. The summed E-state index contributed by atoms with van der Waals surface area (Å²) < 4.78 is 9.49. The van der Waals surface area contributed by atoms with Crippen molar-refractivity contribution in [3.63, 3.8) is 0 Å². The number of nitrogens with one attached hydrogen (secondary N) is 2. The van der Waals surface area contributed by atoms with Gasteiger partial charge in [0.15, 0.2) is 5.65 Å². The fourth-order valence-corrected chi connectivity index (χ4v) is 4.64. The van der Waals surface area contributed by atoms with Crippen LogP contribution < -0.4 is 10.6 Å². The second kappa shape index (κ2) is 8.81. The number of anilines is 1.